The van der Waals surface area contributed by atoms with Gasteiger partial charge in [0, 0.05) is 13.0 Å². The maximum atomic E-state index is 12.3. The van der Waals surface area contributed by atoms with Gasteiger partial charge in [0.1, 0.15) is 5.60 Å². The second-order valence-corrected chi connectivity index (χ2v) is 7.10. The van der Waals surface area contributed by atoms with Gasteiger partial charge in [-0.1, -0.05) is 43.7 Å². The van der Waals surface area contributed by atoms with Gasteiger partial charge in [-0.3, -0.25) is 4.79 Å². The van der Waals surface area contributed by atoms with E-state index >= 15 is 0 Å². The predicted octanol–water partition coefficient (Wildman–Crippen LogP) is 4.25. The minimum absolute atomic E-state index is 0.0241. The molecule has 0 saturated carbocycles. The molecule has 5 nitrogen and oxygen atoms in total. The number of nitrogens with one attached hydrogen (secondary N) is 1. The predicted molar refractivity (Wildman–Crippen MR) is 98.4 cm³/mol. The first-order valence-electron chi connectivity index (χ1n) is 8.95. The summed E-state index contributed by atoms with van der Waals surface area (Å²) >= 11 is 0. The highest BCUT2D eigenvalue weighted by molar-refractivity contribution is 5.87. The summed E-state index contributed by atoms with van der Waals surface area (Å²) in [5.74, 6) is 0.0241. The number of ether oxygens (including phenoxy) is 2. The third-order valence-corrected chi connectivity index (χ3v) is 3.48. The summed E-state index contributed by atoms with van der Waals surface area (Å²) in [5.41, 5.74) is 0.541. The zero-order valence-electron chi connectivity index (χ0n) is 15.8. The van der Waals surface area contributed by atoms with Crippen LogP contribution in [0.1, 0.15) is 58.9 Å². The number of amides is 1. The largest absolute Gasteiger partial charge is 0.444 e. The molecular formula is C20H31NO4. The highest BCUT2D eigenvalue weighted by Crippen LogP contribution is 2.09. The second-order valence-electron chi connectivity index (χ2n) is 7.10. The monoisotopic (exact) mass is 349 g/mol. The minimum Gasteiger partial charge on any atom is -0.444 e. The normalized spacial score (nSPS) is 12.5. The number of alkyl carbamates (subject to hydrolysis) is 1. The SMILES string of the molecule is CCC[C@H](NC(=O)OC(C)(C)C)C(=O)CCCOCc1ccccc1. The number of hydrogen-bond acceptors (Lipinski definition) is 4. The van der Waals surface area contributed by atoms with Gasteiger partial charge in [0.05, 0.1) is 12.6 Å². The summed E-state index contributed by atoms with van der Waals surface area (Å²) in [6, 6.07) is 9.43. The zero-order chi connectivity index (χ0) is 18.7. The molecule has 1 rings (SSSR count). The van der Waals surface area contributed by atoms with Crippen LogP contribution >= 0.6 is 0 Å². The van der Waals surface area contributed by atoms with E-state index in [1.807, 2.05) is 37.3 Å². The molecule has 0 saturated heterocycles. The summed E-state index contributed by atoms with van der Waals surface area (Å²) in [6.45, 7) is 8.45. The van der Waals surface area contributed by atoms with E-state index in [0.717, 1.165) is 12.0 Å². The highest BCUT2D eigenvalue weighted by atomic mass is 16.6. The third-order valence-electron chi connectivity index (χ3n) is 3.48. The molecule has 0 aliphatic carbocycles. The molecular weight excluding hydrogens is 318 g/mol. The van der Waals surface area contributed by atoms with E-state index in [9.17, 15) is 9.59 Å². The third kappa shape index (κ3) is 9.87. The first-order valence-corrected chi connectivity index (χ1v) is 8.95. The minimum atomic E-state index is -0.574. The fourth-order valence-corrected chi connectivity index (χ4v) is 2.34. The summed E-state index contributed by atoms with van der Waals surface area (Å²) in [7, 11) is 0. The molecule has 1 N–H and O–H groups in total. The maximum absolute atomic E-state index is 12.3. The molecule has 0 unspecified atom stereocenters. The first-order chi connectivity index (χ1) is 11.8. The topological polar surface area (TPSA) is 64.6 Å². The van der Waals surface area contributed by atoms with Crippen molar-refractivity contribution in [2.45, 2.75) is 71.6 Å². The molecule has 0 aliphatic rings. The molecule has 0 spiro atoms. The van der Waals surface area contributed by atoms with Gasteiger partial charge in [-0.05, 0) is 39.2 Å². The van der Waals surface area contributed by atoms with Crippen LogP contribution in [0, 0.1) is 0 Å². The van der Waals surface area contributed by atoms with Gasteiger partial charge in [-0.25, -0.2) is 4.79 Å². The van der Waals surface area contributed by atoms with Crippen LogP contribution in [0.3, 0.4) is 0 Å². The zero-order valence-corrected chi connectivity index (χ0v) is 15.8. The van der Waals surface area contributed by atoms with Crippen LogP contribution in [-0.4, -0.2) is 30.1 Å². The Morgan fingerprint density at radius 2 is 1.84 bits per heavy atom. The van der Waals surface area contributed by atoms with Gasteiger partial charge in [0.2, 0.25) is 0 Å². The van der Waals surface area contributed by atoms with Crippen LogP contribution in [0.5, 0.6) is 0 Å². The van der Waals surface area contributed by atoms with E-state index in [2.05, 4.69) is 5.32 Å². The van der Waals surface area contributed by atoms with Gasteiger partial charge in [-0.2, -0.15) is 0 Å². The summed E-state index contributed by atoms with van der Waals surface area (Å²) < 4.78 is 10.8. The van der Waals surface area contributed by atoms with Gasteiger partial charge < -0.3 is 14.8 Å². The first kappa shape index (κ1) is 21.2. The molecule has 1 amide bonds. The van der Waals surface area contributed by atoms with Gasteiger partial charge in [0.25, 0.3) is 0 Å². The lowest BCUT2D eigenvalue weighted by atomic mass is 10.0. The Labute approximate surface area is 151 Å². The lowest BCUT2D eigenvalue weighted by molar-refractivity contribution is -0.121. The fraction of sp³-hybridized carbons (Fsp3) is 0.600. The van der Waals surface area contributed by atoms with Crippen molar-refractivity contribution in [3.8, 4) is 0 Å². The molecule has 140 valence electrons. The lowest BCUT2D eigenvalue weighted by Crippen LogP contribution is -2.43. The Morgan fingerprint density at radius 1 is 1.16 bits per heavy atom. The highest BCUT2D eigenvalue weighted by Gasteiger charge is 2.23. The van der Waals surface area contributed by atoms with Crippen molar-refractivity contribution >= 4 is 11.9 Å². The molecule has 1 aromatic carbocycles. The lowest BCUT2D eigenvalue weighted by Gasteiger charge is -2.23. The molecule has 0 aromatic heterocycles. The number of Topliss-reactive ketones (excluding diaryl/α,β-unsaturated/α-hetero) is 1. The Hall–Kier alpha value is -1.88. The molecule has 0 heterocycles. The van der Waals surface area contributed by atoms with Gasteiger partial charge in [-0.15, -0.1) is 0 Å². The Bertz CT molecular complexity index is 522. The molecule has 0 fully saturated rings. The Morgan fingerprint density at radius 3 is 2.44 bits per heavy atom. The fourth-order valence-electron chi connectivity index (χ4n) is 2.34. The molecule has 1 atom stereocenters. The van der Waals surface area contributed by atoms with Crippen LogP contribution in [0.25, 0.3) is 0 Å². The van der Waals surface area contributed by atoms with E-state index in [1.165, 1.54) is 0 Å². The van der Waals surface area contributed by atoms with Crippen LogP contribution in [0.2, 0.25) is 0 Å². The van der Waals surface area contributed by atoms with E-state index < -0.39 is 17.7 Å². The average molecular weight is 349 g/mol. The molecule has 25 heavy (non-hydrogen) atoms. The number of hydrogen-bond donors (Lipinski definition) is 1. The van der Waals surface area contributed by atoms with Crippen molar-refractivity contribution in [1.29, 1.82) is 0 Å². The molecule has 1 aromatic rings. The maximum Gasteiger partial charge on any atom is 0.408 e. The number of carbonyl (C=O) groups is 2. The van der Waals surface area contributed by atoms with Gasteiger partial charge in [0.15, 0.2) is 5.78 Å². The number of benzene rings is 1. The molecule has 0 aliphatic heterocycles. The van der Waals surface area contributed by atoms with Crippen molar-refractivity contribution in [3.63, 3.8) is 0 Å². The summed E-state index contributed by atoms with van der Waals surface area (Å²) in [6.07, 6.45) is 1.91. The van der Waals surface area contributed by atoms with E-state index in [0.29, 0.717) is 32.5 Å². The van der Waals surface area contributed by atoms with Crippen LogP contribution in [0.4, 0.5) is 4.79 Å². The van der Waals surface area contributed by atoms with Crippen molar-refractivity contribution < 1.29 is 19.1 Å². The molecule has 0 radical (unpaired) electrons. The smallest absolute Gasteiger partial charge is 0.408 e. The van der Waals surface area contributed by atoms with E-state index in [4.69, 9.17) is 9.47 Å². The van der Waals surface area contributed by atoms with Crippen molar-refractivity contribution in [2.24, 2.45) is 0 Å². The Balaban J connectivity index is 2.31. The van der Waals surface area contributed by atoms with Gasteiger partial charge >= 0.3 is 6.09 Å². The summed E-state index contributed by atoms with van der Waals surface area (Å²) in [5, 5.41) is 2.69. The number of ketones is 1. The standard InChI is InChI=1S/C20H31NO4/c1-5-10-17(21-19(23)25-20(2,3)4)18(22)13-9-14-24-15-16-11-7-6-8-12-16/h6-8,11-12,17H,5,9-10,13-15H2,1-4H3,(H,21,23)/t17-/m0/s1. The van der Waals surface area contributed by atoms with Crippen LogP contribution in [-0.2, 0) is 20.9 Å². The van der Waals surface area contributed by atoms with Crippen LogP contribution < -0.4 is 5.32 Å². The van der Waals surface area contributed by atoms with Crippen molar-refractivity contribution in [2.75, 3.05) is 6.61 Å². The number of carbonyl (C=O) groups excluding carboxylic acids is 2. The number of rotatable bonds is 10. The quantitative estimate of drug-likeness (QED) is 0.642. The summed E-state index contributed by atoms with van der Waals surface area (Å²) in [4.78, 5) is 24.2. The average Bonchev–Trinajstić information content (AvgIpc) is 2.53. The Kier molecular flexibility index (Phi) is 9.21. The molecule has 5 heteroatoms. The van der Waals surface area contributed by atoms with E-state index in [1.54, 1.807) is 20.8 Å². The van der Waals surface area contributed by atoms with Crippen molar-refractivity contribution in [1.82, 2.24) is 5.32 Å². The van der Waals surface area contributed by atoms with Crippen molar-refractivity contribution in [3.05, 3.63) is 35.9 Å². The van der Waals surface area contributed by atoms with Crippen LogP contribution in [0.15, 0.2) is 30.3 Å². The molecule has 0 bridgehead atoms. The van der Waals surface area contributed by atoms with E-state index in [-0.39, 0.29) is 5.78 Å². The second kappa shape index (κ2) is 10.9.